The molecular formula is C13H18FNO2. The Morgan fingerprint density at radius 3 is 2.47 bits per heavy atom. The number of hydroxylamine groups is 2. The van der Waals surface area contributed by atoms with Crippen LogP contribution >= 0.6 is 0 Å². The second-order valence-electron chi connectivity index (χ2n) is 3.97. The normalized spacial score (nSPS) is 14.1. The van der Waals surface area contributed by atoms with E-state index in [2.05, 4.69) is 0 Å². The summed E-state index contributed by atoms with van der Waals surface area (Å²) in [4.78, 5) is 16.6. The molecule has 0 saturated heterocycles. The van der Waals surface area contributed by atoms with Gasteiger partial charge in [0.05, 0.1) is 7.11 Å². The van der Waals surface area contributed by atoms with Crippen molar-refractivity contribution in [3.8, 4) is 0 Å². The van der Waals surface area contributed by atoms with Crippen molar-refractivity contribution in [1.29, 1.82) is 0 Å². The zero-order valence-corrected chi connectivity index (χ0v) is 10.4. The number of carbonyl (C=O) groups is 1. The topological polar surface area (TPSA) is 29.5 Å². The molecule has 0 aliphatic heterocycles. The number of carbonyl (C=O) groups excluding carboxylic acids is 1. The summed E-state index contributed by atoms with van der Waals surface area (Å²) in [6, 6.07) is 9.14. The highest BCUT2D eigenvalue weighted by molar-refractivity contribution is 5.84. The van der Waals surface area contributed by atoms with Crippen LogP contribution in [0, 0.1) is 0 Å². The first-order valence-corrected chi connectivity index (χ1v) is 5.58. The molecule has 94 valence electrons. The predicted molar refractivity (Wildman–Crippen MR) is 64.1 cm³/mol. The largest absolute Gasteiger partial charge is 0.283 e. The molecule has 1 aromatic rings. The Morgan fingerprint density at radius 1 is 1.41 bits per heavy atom. The number of benzene rings is 1. The smallest absolute Gasteiger partial charge is 0.274 e. The second kappa shape index (κ2) is 5.77. The van der Waals surface area contributed by atoms with E-state index < -0.39 is 11.6 Å². The van der Waals surface area contributed by atoms with Crippen LogP contribution in [0.5, 0.6) is 0 Å². The highest BCUT2D eigenvalue weighted by Crippen LogP contribution is 2.24. The highest BCUT2D eigenvalue weighted by atomic mass is 19.1. The summed E-state index contributed by atoms with van der Waals surface area (Å²) in [5.74, 6) is -0.647. The number of amides is 1. The molecule has 0 aliphatic carbocycles. The van der Waals surface area contributed by atoms with Crippen molar-refractivity contribution in [2.24, 2.45) is 0 Å². The van der Waals surface area contributed by atoms with E-state index in [9.17, 15) is 9.18 Å². The summed E-state index contributed by atoms with van der Waals surface area (Å²) in [6.45, 7) is 1.66. The minimum Gasteiger partial charge on any atom is -0.274 e. The Bertz CT molecular complexity index is 369. The van der Waals surface area contributed by atoms with Crippen molar-refractivity contribution in [3.05, 3.63) is 35.9 Å². The highest BCUT2D eigenvalue weighted by Gasteiger charge is 2.39. The van der Waals surface area contributed by atoms with E-state index in [4.69, 9.17) is 4.84 Å². The zero-order chi connectivity index (χ0) is 12.9. The van der Waals surface area contributed by atoms with E-state index in [1.807, 2.05) is 30.3 Å². The number of nitrogens with zero attached hydrogens (tertiary/aromatic N) is 1. The quantitative estimate of drug-likeness (QED) is 0.738. The fourth-order valence-electron chi connectivity index (χ4n) is 1.64. The van der Waals surface area contributed by atoms with E-state index in [-0.39, 0.29) is 12.8 Å². The molecule has 1 atom stereocenters. The monoisotopic (exact) mass is 239 g/mol. The van der Waals surface area contributed by atoms with E-state index in [1.165, 1.54) is 14.2 Å². The molecule has 0 spiro atoms. The van der Waals surface area contributed by atoms with Crippen molar-refractivity contribution < 1.29 is 14.0 Å². The second-order valence-corrected chi connectivity index (χ2v) is 3.97. The van der Waals surface area contributed by atoms with Gasteiger partial charge < -0.3 is 0 Å². The lowest BCUT2D eigenvalue weighted by Gasteiger charge is -2.26. The summed E-state index contributed by atoms with van der Waals surface area (Å²) in [5.41, 5.74) is -1.11. The van der Waals surface area contributed by atoms with Gasteiger partial charge in [-0.2, -0.15) is 0 Å². The molecule has 1 unspecified atom stereocenters. The molecule has 0 aliphatic rings. The lowest BCUT2D eigenvalue weighted by molar-refractivity contribution is -0.182. The third kappa shape index (κ3) is 3.27. The van der Waals surface area contributed by atoms with Crippen molar-refractivity contribution >= 4 is 5.91 Å². The number of rotatable bonds is 5. The first-order chi connectivity index (χ1) is 8.03. The zero-order valence-electron chi connectivity index (χ0n) is 10.4. The van der Waals surface area contributed by atoms with Crippen molar-refractivity contribution in [2.45, 2.75) is 25.4 Å². The van der Waals surface area contributed by atoms with Gasteiger partial charge in [0, 0.05) is 13.5 Å². The maximum Gasteiger partial charge on any atom is 0.283 e. The molecule has 0 saturated carbocycles. The van der Waals surface area contributed by atoms with Crippen LogP contribution in [-0.4, -0.2) is 30.8 Å². The van der Waals surface area contributed by atoms with Crippen LogP contribution in [0.25, 0.3) is 0 Å². The molecule has 4 heteroatoms. The minimum atomic E-state index is -1.91. The predicted octanol–water partition coefficient (Wildman–Crippen LogP) is 2.37. The summed E-state index contributed by atoms with van der Waals surface area (Å²) in [5, 5.41) is 0.937. The average Bonchev–Trinajstić information content (AvgIpc) is 2.37. The average molecular weight is 239 g/mol. The van der Waals surface area contributed by atoms with Crippen molar-refractivity contribution in [2.75, 3.05) is 14.2 Å². The van der Waals surface area contributed by atoms with Gasteiger partial charge in [0.2, 0.25) is 0 Å². The van der Waals surface area contributed by atoms with Gasteiger partial charge in [0.15, 0.2) is 5.67 Å². The Hall–Kier alpha value is -1.42. The summed E-state index contributed by atoms with van der Waals surface area (Å²) >= 11 is 0. The number of halogens is 1. The van der Waals surface area contributed by atoms with Gasteiger partial charge in [-0.1, -0.05) is 37.3 Å². The molecule has 3 nitrogen and oxygen atoms in total. The molecule has 17 heavy (non-hydrogen) atoms. The van der Waals surface area contributed by atoms with Crippen molar-refractivity contribution in [1.82, 2.24) is 5.06 Å². The van der Waals surface area contributed by atoms with Crippen LogP contribution in [0.1, 0.15) is 18.9 Å². The van der Waals surface area contributed by atoms with E-state index in [0.29, 0.717) is 0 Å². The van der Waals surface area contributed by atoms with Gasteiger partial charge in [-0.3, -0.25) is 9.63 Å². The number of hydrogen-bond acceptors (Lipinski definition) is 2. The standard InChI is InChI=1S/C13H18FNO2/c1-4-13(14,12(16)15(2)17-3)10-11-8-6-5-7-9-11/h5-9H,4,10H2,1-3H3. The summed E-state index contributed by atoms with van der Waals surface area (Å²) in [6.07, 6.45) is 0.186. The van der Waals surface area contributed by atoms with Crippen LogP contribution in [-0.2, 0) is 16.1 Å². The van der Waals surface area contributed by atoms with Gasteiger partial charge in [-0.25, -0.2) is 9.45 Å². The third-order valence-electron chi connectivity index (χ3n) is 2.83. The number of hydrogen-bond donors (Lipinski definition) is 0. The Balaban J connectivity index is 2.86. The molecule has 0 aromatic heterocycles. The Labute approximate surface area is 101 Å². The molecule has 0 fully saturated rings. The lowest BCUT2D eigenvalue weighted by Crippen LogP contribution is -2.45. The molecule has 1 rings (SSSR count). The Morgan fingerprint density at radius 2 is 2.00 bits per heavy atom. The van der Waals surface area contributed by atoms with Crippen LogP contribution in [0.4, 0.5) is 4.39 Å². The fraction of sp³-hybridized carbons (Fsp3) is 0.462. The lowest BCUT2D eigenvalue weighted by atomic mass is 9.93. The maximum atomic E-state index is 14.6. The van der Waals surface area contributed by atoms with Gasteiger partial charge in [-0.05, 0) is 12.0 Å². The van der Waals surface area contributed by atoms with Crippen LogP contribution in [0.15, 0.2) is 30.3 Å². The molecule has 0 bridgehead atoms. The van der Waals surface area contributed by atoms with E-state index in [1.54, 1.807) is 6.92 Å². The third-order valence-corrected chi connectivity index (χ3v) is 2.83. The summed E-state index contributed by atoms with van der Waals surface area (Å²) in [7, 11) is 2.76. The van der Waals surface area contributed by atoms with Gasteiger partial charge >= 0.3 is 0 Å². The molecule has 1 amide bonds. The molecule has 1 aromatic carbocycles. The SMILES string of the molecule is CCC(F)(Cc1ccccc1)C(=O)N(C)OC. The molecule has 0 heterocycles. The first kappa shape index (κ1) is 13.6. The first-order valence-electron chi connectivity index (χ1n) is 5.58. The van der Waals surface area contributed by atoms with E-state index in [0.717, 1.165) is 10.6 Å². The Kier molecular flexibility index (Phi) is 4.63. The van der Waals surface area contributed by atoms with Gasteiger partial charge in [0.25, 0.3) is 5.91 Å². The molecular weight excluding hydrogens is 221 g/mol. The van der Waals surface area contributed by atoms with Crippen LogP contribution < -0.4 is 0 Å². The molecule has 0 N–H and O–H groups in total. The fourth-order valence-corrected chi connectivity index (χ4v) is 1.64. The van der Waals surface area contributed by atoms with Crippen LogP contribution in [0.2, 0.25) is 0 Å². The number of alkyl halides is 1. The van der Waals surface area contributed by atoms with E-state index >= 15 is 0 Å². The van der Waals surface area contributed by atoms with Crippen LogP contribution in [0.3, 0.4) is 0 Å². The summed E-state index contributed by atoms with van der Waals surface area (Å²) < 4.78 is 14.6. The van der Waals surface area contributed by atoms with Gasteiger partial charge in [0.1, 0.15) is 0 Å². The van der Waals surface area contributed by atoms with Crippen molar-refractivity contribution in [3.63, 3.8) is 0 Å². The molecule has 0 radical (unpaired) electrons. The maximum absolute atomic E-state index is 14.6. The van der Waals surface area contributed by atoms with Gasteiger partial charge in [-0.15, -0.1) is 0 Å². The minimum absolute atomic E-state index is 0.0663.